The molecule has 2 aromatic carbocycles. The number of hydrogen-bond acceptors (Lipinski definition) is 3. The van der Waals surface area contributed by atoms with E-state index in [1.54, 1.807) is 0 Å². The number of nitrogens with one attached hydrogen (secondary N) is 1. The normalized spacial score (nSPS) is 14.8. The summed E-state index contributed by atoms with van der Waals surface area (Å²) in [4.78, 5) is 2.30. The van der Waals surface area contributed by atoms with Crippen LogP contribution in [0.4, 0.5) is 5.69 Å². The quantitative estimate of drug-likeness (QED) is 0.861. The fourth-order valence-corrected chi connectivity index (χ4v) is 3.24. The summed E-state index contributed by atoms with van der Waals surface area (Å²) in [5.41, 5.74) is 6.53. The van der Waals surface area contributed by atoms with Gasteiger partial charge in [-0.3, -0.25) is 0 Å². The number of rotatable bonds is 6. The van der Waals surface area contributed by atoms with Gasteiger partial charge in [-0.2, -0.15) is 0 Å². The van der Waals surface area contributed by atoms with Gasteiger partial charge >= 0.3 is 0 Å². The Morgan fingerprint density at radius 2 is 1.87 bits per heavy atom. The van der Waals surface area contributed by atoms with Gasteiger partial charge in [-0.1, -0.05) is 43.3 Å². The van der Waals surface area contributed by atoms with Gasteiger partial charge in [-0.15, -0.1) is 0 Å². The van der Waals surface area contributed by atoms with Crippen molar-refractivity contribution in [1.29, 1.82) is 0 Å². The Morgan fingerprint density at radius 3 is 2.57 bits per heavy atom. The maximum Gasteiger partial charge on any atom is 0.0626 e. The van der Waals surface area contributed by atoms with E-state index in [1.165, 1.54) is 22.4 Å². The van der Waals surface area contributed by atoms with Crippen molar-refractivity contribution < 1.29 is 5.11 Å². The monoisotopic (exact) mass is 310 g/mol. The Labute approximate surface area is 139 Å². The van der Waals surface area contributed by atoms with Gasteiger partial charge in [0.05, 0.1) is 12.6 Å². The molecule has 2 aromatic rings. The summed E-state index contributed by atoms with van der Waals surface area (Å²) < 4.78 is 0. The molecule has 0 fully saturated rings. The predicted molar refractivity (Wildman–Crippen MR) is 95.9 cm³/mol. The number of hydrogen-bond donors (Lipinski definition) is 2. The summed E-state index contributed by atoms with van der Waals surface area (Å²) in [6, 6.07) is 15.2. The van der Waals surface area contributed by atoms with Gasteiger partial charge in [-0.25, -0.2) is 0 Å². The number of anilines is 1. The lowest BCUT2D eigenvalue weighted by Crippen LogP contribution is -2.24. The average Bonchev–Trinajstić information content (AvgIpc) is 2.96. The van der Waals surface area contributed by atoms with E-state index >= 15 is 0 Å². The van der Waals surface area contributed by atoms with Crippen LogP contribution < -0.4 is 10.2 Å². The second-order valence-electron chi connectivity index (χ2n) is 6.35. The molecular weight excluding hydrogens is 284 g/mol. The van der Waals surface area contributed by atoms with E-state index in [2.05, 4.69) is 66.7 Å². The molecule has 0 radical (unpaired) electrons. The van der Waals surface area contributed by atoms with Crippen molar-refractivity contribution in [3.63, 3.8) is 0 Å². The highest BCUT2D eigenvalue weighted by molar-refractivity contribution is 5.58. The molecule has 0 aromatic heterocycles. The Balaban J connectivity index is 1.66. The maximum atomic E-state index is 9.70. The van der Waals surface area contributed by atoms with Crippen LogP contribution in [0, 0.1) is 0 Å². The molecule has 0 saturated heterocycles. The molecule has 1 heterocycles. The molecule has 122 valence electrons. The Morgan fingerprint density at radius 1 is 1.13 bits per heavy atom. The summed E-state index contributed by atoms with van der Waals surface area (Å²) in [6.07, 6.45) is 2.17. The van der Waals surface area contributed by atoms with Gasteiger partial charge in [0.25, 0.3) is 0 Å². The largest absolute Gasteiger partial charge is 0.394 e. The molecule has 0 bridgehead atoms. The van der Waals surface area contributed by atoms with Crippen molar-refractivity contribution in [2.45, 2.75) is 32.4 Å². The molecule has 1 aliphatic heterocycles. The number of nitrogens with zero attached hydrogens (tertiary/aromatic N) is 1. The highest BCUT2D eigenvalue weighted by Gasteiger charge is 2.16. The zero-order chi connectivity index (χ0) is 16.2. The number of aryl methyl sites for hydroxylation is 1. The molecule has 2 N–H and O–H groups in total. The second-order valence-corrected chi connectivity index (χ2v) is 6.35. The van der Waals surface area contributed by atoms with E-state index in [-0.39, 0.29) is 12.6 Å². The van der Waals surface area contributed by atoms with Crippen molar-refractivity contribution in [3.8, 4) is 0 Å². The molecule has 23 heavy (non-hydrogen) atoms. The highest BCUT2D eigenvalue weighted by atomic mass is 16.3. The fourth-order valence-electron chi connectivity index (χ4n) is 3.24. The summed E-state index contributed by atoms with van der Waals surface area (Å²) in [6.45, 7) is 4.15. The van der Waals surface area contributed by atoms with E-state index < -0.39 is 0 Å². The molecule has 1 aliphatic rings. The molecule has 3 nitrogen and oxygen atoms in total. The number of aliphatic hydroxyl groups excluding tert-OH is 1. The standard InChI is InChI=1S/C20H26N2O/c1-3-15-4-7-17(8-5-15)19(14-23)21-13-16-6-9-20-18(12-16)10-11-22(20)2/h4-9,12,19,21,23H,3,10-11,13-14H2,1-2H3. The lowest BCUT2D eigenvalue weighted by Gasteiger charge is -2.18. The van der Waals surface area contributed by atoms with Gasteiger partial charge < -0.3 is 15.3 Å². The van der Waals surface area contributed by atoms with Crippen LogP contribution in [0.5, 0.6) is 0 Å². The third-order valence-electron chi connectivity index (χ3n) is 4.80. The van der Waals surface area contributed by atoms with E-state index in [0.29, 0.717) is 0 Å². The van der Waals surface area contributed by atoms with Crippen LogP contribution in [-0.2, 0) is 19.4 Å². The minimum atomic E-state index is -0.0168. The number of likely N-dealkylation sites (N-methyl/N-ethyl adjacent to an activating group) is 1. The Hall–Kier alpha value is -1.84. The molecule has 3 rings (SSSR count). The first-order valence-electron chi connectivity index (χ1n) is 8.47. The third kappa shape index (κ3) is 3.57. The van der Waals surface area contributed by atoms with Crippen molar-refractivity contribution in [2.24, 2.45) is 0 Å². The predicted octanol–water partition coefficient (Wildman–Crippen LogP) is 3.06. The van der Waals surface area contributed by atoms with E-state index in [0.717, 1.165) is 31.5 Å². The van der Waals surface area contributed by atoms with Gasteiger partial charge in [0.2, 0.25) is 0 Å². The van der Waals surface area contributed by atoms with E-state index in [9.17, 15) is 5.11 Å². The van der Waals surface area contributed by atoms with Crippen molar-refractivity contribution >= 4 is 5.69 Å². The van der Waals surface area contributed by atoms with Crippen LogP contribution in [0.1, 0.15) is 35.2 Å². The lowest BCUT2D eigenvalue weighted by atomic mass is 10.0. The Kier molecular flexibility index (Phi) is 4.99. The van der Waals surface area contributed by atoms with Crippen LogP contribution >= 0.6 is 0 Å². The van der Waals surface area contributed by atoms with E-state index in [1.807, 2.05) is 0 Å². The van der Waals surface area contributed by atoms with Gasteiger partial charge in [0, 0.05) is 25.8 Å². The molecular formula is C20H26N2O. The molecule has 0 saturated carbocycles. The number of aliphatic hydroxyl groups is 1. The average molecular weight is 310 g/mol. The van der Waals surface area contributed by atoms with Gasteiger partial charge in [0.1, 0.15) is 0 Å². The van der Waals surface area contributed by atoms with Gasteiger partial charge in [-0.05, 0) is 41.2 Å². The molecule has 0 spiro atoms. The van der Waals surface area contributed by atoms with Crippen molar-refractivity contribution in [2.75, 3.05) is 25.1 Å². The topological polar surface area (TPSA) is 35.5 Å². The third-order valence-corrected chi connectivity index (χ3v) is 4.80. The number of benzene rings is 2. The highest BCUT2D eigenvalue weighted by Crippen LogP contribution is 2.27. The lowest BCUT2D eigenvalue weighted by molar-refractivity contribution is 0.243. The molecule has 0 amide bonds. The maximum absolute atomic E-state index is 9.70. The van der Waals surface area contributed by atoms with Crippen LogP contribution in [-0.4, -0.2) is 25.3 Å². The summed E-state index contributed by atoms with van der Waals surface area (Å²) >= 11 is 0. The van der Waals surface area contributed by atoms with Crippen LogP contribution in [0.15, 0.2) is 42.5 Å². The summed E-state index contributed by atoms with van der Waals surface area (Å²) in [5, 5.41) is 13.2. The zero-order valence-corrected chi connectivity index (χ0v) is 14.0. The summed E-state index contributed by atoms with van der Waals surface area (Å²) in [7, 11) is 2.14. The van der Waals surface area contributed by atoms with Crippen LogP contribution in [0.2, 0.25) is 0 Å². The van der Waals surface area contributed by atoms with Crippen molar-refractivity contribution in [1.82, 2.24) is 5.32 Å². The first kappa shape index (κ1) is 16.0. The van der Waals surface area contributed by atoms with E-state index in [4.69, 9.17) is 0 Å². The van der Waals surface area contributed by atoms with Gasteiger partial charge in [0.15, 0.2) is 0 Å². The van der Waals surface area contributed by atoms with Crippen molar-refractivity contribution in [3.05, 3.63) is 64.7 Å². The smallest absolute Gasteiger partial charge is 0.0626 e. The molecule has 3 heteroatoms. The van der Waals surface area contributed by atoms with Crippen LogP contribution in [0.25, 0.3) is 0 Å². The first-order valence-corrected chi connectivity index (χ1v) is 8.47. The Bertz CT molecular complexity index is 651. The fraction of sp³-hybridized carbons (Fsp3) is 0.400. The zero-order valence-electron chi connectivity index (χ0n) is 14.0. The number of fused-ring (bicyclic) bond motifs is 1. The first-order chi connectivity index (χ1) is 11.2. The molecule has 1 unspecified atom stereocenters. The molecule has 0 aliphatic carbocycles. The SMILES string of the molecule is CCc1ccc(C(CO)NCc2ccc3c(c2)CCN3C)cc1. The minimum Gasteiger partial charge on any atom is -0.394 e. The summed E-state index contributed by atoms with van der Waals surface area (Å²) in [5.74, 6) is 0. The minimum absolute atomic E-state index is 0.0168. The van der Waals surface area contributed by atoms with Crippen LogP contribution in [0.3, 0.4) is 0 Å². The molecule has 1 atom stereocenters. The second kappa shape index (κ2) is 7.16.